The lowest BCUT2D eigenvalue weighted by Crippen LogP contribution is -2.58. The summed E-state index contributed by atoms with van der Waals surface area (Å²) in [5, 5.41) is 10.7. The molecule has 0 bridgehead atoms. The Morgan fingerprint density at radius 1 is 1.50 bits per heavy atom. The van der Waals surface area contributed by atoms with E-state index in [1.165, 1.54) is 0 Å². The Hall–Kier alpha value is -0.680. The summed E-state index contributed by atoms with van der Waals surface area (Å²) in [4.78, 5) is 14.9. The van der Waals surface area contributed by atoms with Crippen molar-refractivity contribution in [2.45, 2.75) is 58.0 Å². The molecular weight excluding hydrogens is 272 g/mol. The number of hydrogen-bond donors (Lipinski definition) is 2. The lowest BCUT2D eigenvalue weighted by atomic mass is 9.70. The average molecular weight is 298 g/mol. The number of likely N-dealkylation sites (tertiary alicyclic amines) is 1. The van der Waals surface area contributed by atoms with E-state index in [0.717, 1.165) is 25.7 Å². The van der Waals surface area contributed by atoms with Crippen molar-refractivity contribution in [3.8, 4) is 0 Å². The van der Waals surface area contributed by atoms with Crippen LogP contribution in [0.4, 0.5) is 0 Å². The summed E-state index contributed by atoms with van der Waals surface area (Å²) >= 11 is 5.09. The molecule has 1 amide bonds. The van der Waals surface area contributed by atoms with E-state index in [1.807, 2.05) is 18.7 Å². The van der Waals surface area contributed by atoms with Gasteiger partial charge in [-0.3, -0.25) is 4.79 Å². The van der Waals surface area contributed by atoms with E-state index in [9.17, 15) is 9.90 Å². The summed E-state index contributed by atoms with van der Waals surface area (Å²) in [5.74, 6) is 0.238. The van der Waals surface area contributed by atoms with Crippen LogP contribution in [0.1, 0.15) is 52.4 Å². The highest BCUT2D eigenvalue weighted by Crippen LogP contribution is 2.40. The SMILES string of the molecule is CCC(C)(C(=O)N1CCC2(O)CCCCC2C1)C(N)=S. The second-order valence-corrected chi connectivity index (χ2v) is 7.04. The largest absolute Gasteiger partial charge is 0.392 e. The van der Waals surface area contributed by atoms with Crippen LogP contribution in [0, 0.1) is 11.3 Å². The molecule has 3 atom stereocenters. The Balaban J connectivity index is 2.12. The minimum Gasteiger partial charge on any atom is -0.392 e. The third-order valence-corrected chi connectivity index (χ3v) is 5.89. The van der Waals surface area contributed by atoms with Gasteiger partial charge in [-0.15, -0.1) is 0 Å². The summed E-state index contributed by atoms with van der Waals surface area (Å²) in [6, 6.07) is 0. The van der Waals surface area contributed by atoms with Crippen molar-refractivity contribution in [3.05, 3.63) is 0 Å². The molecule has 114 valence electrons. The zero-order valence-electron chi connectivity index (χ0n) is 12.5. The van der Waals surface area contributed by atoms with Gasteiger partial charge in [-0.25, -0.2) is 0 Å². The lowest BCUT2D eigenvalue weighted by Gasteiger charge is -2.48. The molecule has 2 rings (SSSR count). The first kappa shape index (κ1) is 15.7. The molecule has 1 aliphatic carbocycles. The maximum atomic E-state index is 12.7. The topological polar surface area (TPSA) is 66.6 Å². The normalized spacial score (nSPS) is 33.1. The molecule has 4 nitrogen and oxygen atoms in total. The van der Waals surface area contributed by atoms with Crippen LogP contribution in [-0.2, 0) is 4.79 Å². The molecular formula is C15H26N2O2S. The molecule has 0 spiro atoms. The van der Waals surface area contributed by atoms with E-state index in [0.29, 0.717) is 25.9 Å². The van der Waals surface area contributed by atoms with E-state index >= 15 is 0 Å². The predicted octanol–water partition coefficient (Wildman–Crippen LogP) is 1.84. The van der Waals surface area contributed by atoms with Gasteiger partial charge in [-0.2, -0.15) is 0 Å². The summed E-state index contributed by atoms with van der Waals surface area (Å²) < 4.78 is 0. The number of carbonyl (C=O) groups is 1. The van der Waals surface area contributed by atoms with Crippen molar-refractivity contribution < 1.29 is 9.90 Å². The van der Waals surface area contributed by atoms with Crippen molar-refractivity contribution in [1.82, 2.24) is 4.90 Å². The first-order valence-corrected chi connectivity index (χ1v) is 8.06. The zero-order chi connectivity index (χ0) is 15.0. The second-order valence-electron chi connectivity index (χ2n) is 6.60. The molecule has 3 N–H and O–H groups in total. The first-order valence-electron chi connectivity index (χ1n) is 7.65. The fraction of sp³-hybridized carbons (Fsp3) is 0.867. The Morgan fingerprint density at radius 2 is 2.20 bits per heavy atom. The van der Waals surface area contributed by atoms with E-state index < -0.39 is 11.0 Å². The molecule has 1 aliphatic heterocycles. The summed E-state index contributed by atoms with van der Waals surface area (Å²) in [5.41, 5.74) is 4.48. The number of aliphatic hydroxyl groups is 1. The number of nitrogens with two attached hydrogens (primary N) is 1. The summed E-state index contributed by atoms with van der Waals surface area (Å²) in [6.45, 7) is 5.04. The molecule has 5 heteroatoms. The molecule has 0 radical (unpaired) electrons. The van der Waals surface area contributed by atoms with Crippen LogP contribution in [0.2, 0.25) is 0 Å². The van der Waals surface area contributed by atoms with Gasteiger partial charge in [-0.1, -0.05) is 32.0 Å². The highest BCUT2D eigenvalue weighted by Gasteiger charge is 2.46. The van der Waals surface area contributed by atoms with Gasteiger partial charge in [0.05, 0.1) is 16.0 Å². The fourth-order valence-corrected chi connectivity index (χ4v) is 3.77. The van der Waals surface area contributed by atoms with Gasteiger partial charge >= 0.3 is 0 Å². The molecule has 1 saturated heterocycles. The van der Waals surface area contributed by atoms with Crippen molar-refractivity contribution in [3.63, 3.8) is 0 Å². The standard InChI is InChI=1S/C15H26N2O2S/c1-3-14(2,12(16)20)13(18)17-9-8-15(19)7-5-4-6-11(15)10-17/h11,19H,3-10H2,1-2H3,(H2,16,20). The van der Waals surface area contributed by atoms with Crippen LogP contribution in [0.25, 0.3) is 0 Å². The highest BCUT2D eigenvalue weighted by molar-refractivity contribution is 7.80. The van der Waals surface area contributed by atoms with Gasteiger partial charge in [-0.05, 0) is 32.6 Å². The zero-order valence-corrected chi connectivity index (χ0v) is 13.3. The van der Waals surface area contributed by atoms with Gasteiger partial charge in [0.15, 0.2) is 0 Å². The monoisotopic (exact) mass is 298 g/mol. The fourth-order valence-electron chi connectivity index (χ4n) is 3.54. The minimum absolute atomic E-state index is 0.0279. The summed E-state index contributed by atoms with van der Waals surface area (Å²) in [7, 11) is 0. The molecule has 3 unspecified atom stereocenters. The van der Waals surface area contributed by atoms with Crippen LogP contribution in [-0.4, -0.2) is 39.6 Å². The van der Waals surface area contributed by atoms with Crippen LogP contribution in [0.5, 0.6) is 0 Å². The van der Waals surface area contributed by atoms with Gasteiger partial charge < -0.3 is 15.7 Å². The minimum atomic E-state index is -0.751. The average Bonchev–Trinajstić information content (AvgIpc) is 2.44. The Kier molecular flexibility index (Phi) is 4.40. The maximum absolute atomic E-state index is 12.7. The molecule has 2 aliphatic rings. The van der Waals surface area contributed by atoms with Crippen LogP contribution in [0.3, 0.4) is 0 Å². The van der Waals surface area contributed by atoms with E-state index in [-0.39, 0.29) is 16.8 Å². The molecule has 0 aromatic heterocycles. The highest BCUT2D eigenvalue weighted by atomic mass is 32.1. The first-order chi connectivity index (χ1) is 9.33. The number of thiocarbonyl (C=S) groups is 1. The van der Waals surface area contributed by atoms with Crippen molar-refractivity contribution in [2.75, 3.05) is 13.1 Å². The number of nitrogens with zero attached hydrogens (tertiary/aromatic N) is 1. The van der Waals surface area contributed by atoms with Gasteiger partial charge in [0, 0.05) is 19.0 Å². The Morgan fingerprint density at radius 3 is 2.80 bits per heavy atom. The maximum Gasteiger partial charge on any atom is 0.235 e. The Labute approximate surface area is 126 Å². The molecule has 0 aromatic carbocycles. The third kappa shape index (κ3) is 2.58. The molecule has 1 heterocycles. The Bertz CT molecular complexity index is 415. The predicted molar refractivity (Wildman–Crippen MR) is 83.3 cm³/mol. The second kappa shape index (κ2) is 5.60. The third-order valence-electron chi connectivity index (χ3n) is 5.44. The van der Waals surface area contributed by atoms with Crippen LogP contribution < -0.4 is 5.73 Å². The number of fused-ring (bicyclic) bond motifs is 1. The molecule has 2 fully saturated rings. The lowest BCUT2D eigenvalue weighted by molar-refractivity contribution is -0.149. The van der Waals surface area contributed by atoms with Crippen molar-refractivity contribution in [1.29, 1.82) is 0 Å². The van der Waals surface area contributed by atoms with Crippen LogP contribution in [0.15, 0.2) is 0 Å². The quantitative estimate of drug-likeness (QED) is 0.780. The number of hydrogen-bond acceptors (Lipinski definition) is 3. The van der Waals surface area contributed by atoms with E-state index in [1.54, 1.807) is 0 Å². The summed E-state index contributed by atoms with van der Waals surface area (Å²) in [6.07, 6.45) is 5.43. The van der Waals surface area contributed by atoms with E-state index in [4.69, 9.17) is 18.0 Å². The van der Waals surface area contributed by atoms with Crippen LogP contribution >= 0.6 is 12.2 Å². The van der Waals surface area contributed by atoms with Crippen molar-refractivity contribution >= 4 is 23.1 Å². The number of rotatable bonds is 3. The van der Waals surface area contributed by atoms with Gasteiger partial charge in [0.25, 0.3) is 0 Å². The number of piperidine rings is 1. The molecule has 20 heavy (non-hydrogen) atoms. The van der Waals surface area contributed by atoms with Gasteiger partial charge in [0.1, 0.15) is 0 Å². The van der Waals surface area contributed by atoms with E-state index in [2.05, 4.69) is 0 Å². The van der Waals surface area contributed by atoms with Crippen molar-refractivity contribution in [2.24, 2.45) is 17.1 Å². The smallest absolute Gasteiger partial charge is 0.235 e. The molecule has 1 saturated carbocycles. The van der Waals surface area contributed by atoms with Gasteiger partial charge in [0.2, 0.25) is 5.91 Å². The molecule has 0 aromatic rings. The number of carbonyl (C=O) groups excluding carboxylic acids is 1. The number of amides is 1.